The summed E-state index contributed by atoms with van der Waals surface area (Å²) in [6.07, 6.45) is -2.00. The molecule has 0 radical (unpaired) electrons. The van der Waals surface area contributed by atoms with E-state index in [2.05, 4.69) is 30.3 Å². The second kappa shape index (κ2) is 13.8. The number of aliphatic hydroxyl groups is 1. The van der Waals surface area contributed by atoms with Crippen molar-refractivity contribution in [3.8, 4) is 5.88 Å². The minimum absolute atomic E-state index is 0.0425. The van der Waals surface area contributed by atoms with Gasteiger partial charge in [-0.3, -0.25) is 19.5 Å². The summed E-state index contributed by atoms with van der Waals surface area (Å²) in [6.45, 7) is 2.16. The Bertz CT molecular complexity index is 1690. The van der Waals surface area contributed by atoms with Crippen LogP contribution in [0.2, 0.25) is 0 Å². The maximum Gasteiger partial charge on any atom is 0.425 e. The molecule has 16 heteroatoms. The largest absolute Gasteiger partial charge is 0.457 e. The van der Waals surface area contributed by atoms with Crippen LogP contribution in [0, 0.1) is 5.92 Å². The van der Waals surface area contributed by atoms with E-state index in [1.807, 2.05) is 12.1 Å². The van der Waals surface area contributed by atoms with Gasteiger partial charge < -0.3 is 19.3 Å². The molecule has 232 valence electrons. The van der Waals surface area contributed by atoms with Crippen LogP contribution in [0.1, 0.15) is 26.5 Å². The highest BCUT2D eigenvalue weighted by Gasteiger charge is 2.47. The number of hydrogen-bond acceptors (Lipinski definition) is 11. The highest BCUT2D eigenvalue weighted by atomic mass is 16.6. The number of carbonyl (C=O) groups excluding carboxylic acids is 3. The number of nitrogens with zero attached hydrogens (tertiary/aromatic N) is 8. The lowest BCUT2D eigenvalue weighted by Gasteiger charge is -2.24. The van der Waals surface area contributed by atoms with Gasteiger partial charge in [0.15, 0.2) is 23.5 Å². The molecule has 0 spiro atoms. The van der Waals surface area contributed by atoms with Gasteiger partial charge in [-0.25, -0.2) is 14.7 Å². The zero-order chi connectivity index (χ0) is 31.9. The molecule has 0 saturated carbocycles. The van der Waals surface area contributed by atoms with Crippen molar-refractivity contribution in [3.63, 3.8) is 0 Å². The predicted molar refractivity (Wildman–Crippen MR) is 159 cm³/mol. The van der Waals surface area contributed by atoms with E-state index in [1.54, 1.807) is 48.5 Å². The Morgan fingerprint density at radius 1 is 1.09 bits per heavy atom. The second-order valence-electron chi connectivity index (χ2n) is 9.96. The molecular weight excluding hydrogens is 586 g/mol. The highest BCUT2D eigenvalue weighted by molar-refractivity contribution is 5.98. The van der Waals surface area contributed by atoms with Crippen molar-refractivity contribution in [1.29, 1.82) is 0 Å². The molecule has 0 unspecified atom stereocenters. The van der Waals surface area contributed by atoms with Crippen LogP contribution in [-0.2, 0) is 19.1 Å². The average Bonchev–Trinajstić information content (AvgIpc) is 3.58. The summed E-state index contributed by atoms with van der Waals surface area (Å²) < 4.78 is 19.1. The lowest BCUT2D eigenvalue weighted by atomic mass is 9.94. The van der Waals surface area contributed by atoms with Crippen molar-refractivity contribution in [2.75, 3.05) is 23.4 Å². The smallest absolute Gasteiger partial charge is 0.425 e. The molecule has 0 aliphatic carbocycles. The van der Waals surface area contributed by atoms with Gasteiger partial charge in [-0.2, -0.15) is 9.97 Å². The Balaban J connectivity index is 1.58. The summed E-state index contributed by atoms with van der Waals surface area (Å²) in [4.78, 5) is 55.1. The number of carbonyl (C=O) groups is 3. The molecule has 5 rings (SSSR count). The summed E-state index contributed by atoms with van der Waals surface area (Å²) in [5.74, 6) is -2.09. The van der Waals surface area contributed by atoms with Gasteiger partial charge in [0.25, 0.3) is 5.88 Å². The van der Waals surface area contributed by atoms with Crippen molar-refractivity contribution in [1.82, 2.24) is 19.5 Å². The van der Waals surface area contributed by atoms with Gasteiger partial charge in [0.05, 0.1) is 30.4 Å². The molecule has 3 heterocycles. The number of aliphatic hydroxyl groups excluding tert-OH is 1. The molecule has 1 saturated heterocycles. The van der Waals surface area contributed by atoms with Crippen molar-refractivity contribution < 1.29 is 33.7 Å². The number of imidazole rings is 1. The zero-order valence-electron chi connectivity index (χ0n) is 24.3. The average molecular weight is 616 g/mol. The van der Waals surface area contributed by atoms with Crippen LogP contribution in [0.5, 0.6) is 5.88 Å². The number of ether oxygens (including phenoxy) is 3. The number of para-hydroxylation sites is 2. The van der Waals surface area contributed by atoms with E-state index < -0.39 is 42.3 Å². The van der Waals surface area contributed by atoms with E-state index in [-0.39, 0.29) is 42.6 Å². The summed E-state index contributed by atoms with van der Waals surface area (Å²) >= 11 is 0. The lowest BCUT2D eigenvalue weighted by molar-refractivity contribution is -0.153. The number of fused-ring (bicyclic) bond motifs is 1. The third-order valence-electron chi connectivity index (χ3n) is 6.93. The summed E-state index contributed by atoms with van der Waals surface area (Å²) in [6, 6.07) is 17.7. The Labute approximate surface area is 256 Å². The summed E-state index contributed by atoms with van der Waals surface area (Å²) in [7, 11) is 0. The van der Waals surface area contributed by atoms with Gasteiger partial charge in [0.2, 0.25) is 11.9 Å². The number of aromatic nitrogens is 4. The standard InChI is InChI=1S/C29H29N9O7/c1-17(40)33-28-34-25-23(26(35-28)45-29(42)38(19-9-5-3-6-10-19)20-11-7-4-8-12-20)31-16-37(25)27-24(43-18(2)41)21(13-14-39)22(44-27)15-32-36-30/h3-12,16,21-22,24,27,39H,13-15H2,1-2H3,(H,33,34,35,40)/t21-,22-,24-,27-/m1/s1. The summed E-state index contributed by atoms with van der Waals surface area (Å²) in [5, 5.41) is 15.8. The minimum atomic E-state index is -1.04. The van der Waals surface area contributed by atoms with Crippen LogP contribution in [0.4, 0.5) is 22.1 Å². The third kappa shape index (κ3) is 6.83. The molecule has 16 nitrogen and oxygen atoms in total. The van der Waals surface area contributed by atoms with Gasteiger partial charge in [-0.05, 0) is 36.2 Å². The number of anilines is 3. The quantitative estimate of drug-likeness (QED) is 0.112. The number of hydrogen-bond donors (Lipinski definition) is 2. The fourth-order valence-electron chi connectivity index (χ4n) is 5.14. The Hall–Kier alpha value is -5.57. The molecule has 2 amide bonds. The predicted octanol–water partition coefficient (Wildman–Crippen LogP) is 4.26. The van der Waals surface area contributed by atoms with E-state index in [9.17, 15) is 19.5 Å². The molecule has 2 aromatic heterocycles. The molecule has 4 atom stereocenters. The van der Waals surface area contributed by atoms with Crippen LogP contribution in [0.15, 0.2) is 72.1 Å². The number of benzene rings is 2. The normalized spacial score (nSPS) is 19.0. The molecule has 1 fully saturated rings. The molecule has 0 bridgehead atoms. The molecule has 2 aromatic carbocycles. The number of rotatable bonds is 10. The van der Waals surface area contributed by atoms with Crippen LogP contribution < -0.4 is 15.0 Å². The van der Waals surface area contributed by atoms with Gasteiger partial charge >= 0.3 is 12.1 Å². The van der Waals surface area contributed by atoms with Crippen LogP contribution >= 0.6 is 0 Å². The first-order chi connectivity index (χ1) is 21.8. The van der Waals surface area contributed by atoms with Crippen LogP contribution in [0.3, 0.4) is 0 Å². The maximum atomic E-state index is 13.8. The van der Waals surface area contributed by atoms with E-state index >= 15 is 0 Å². The molecule has 4 aromatic rings. The van der Waals surface area contributed by atoms with Crippen LogP contribution in [0.25, 0.3) is 21.6 Å². The Morgan fingerprint density at radius 2 is 1.76 bits per heavy atom. The number of esters is 1. The second-order valence-corrected chi connectivity index (χ2v) is 9.96. The summed E-state index contributed by atoms with van der Waals surface area (Å²) in [5.41, 5.74) is 10.1. The van der Waals surface area contributed by atoms with E-state index in [4.69, 9.17) is 19.7 Å². The lowest BCUT2D eigenvalue weighted by Crippen LogP contribution is -2.32. The molecule has 45 heavy (non-hydrogen) atoms. The van der Waals surface area contributed by atoms with Gasteiger partial charge in [-0.15, -0.1) is 0 Å². The molecule has 1 aliphatic heterocycles. The Kier molecular flexibility index (Phi) is 9.48. The fourth-order valence-corrected chi connectivity index (χ4v) is 5.14. The zero-order valence-corrected chi connectivity index (χ0v) is 24.3. The van der Waals surface area contributed by atoms with E-state index in [1.165, 1.54) is 29.6 Å². The van der Waals surface area contributed by atoms with Crippen molar-refractivity contribution in [3.05, 3.63) is 77.4 Å². The molecule has 1 aliphatic rings. The first kappa shape index (κ1) is 30.9. The van der Waals surface area contributed by atoms with Crippen molar-refractivity contribution in [2.45, 2.75) is 38.7 Å². The SMILES string of the molecule is CC(=O)Nc1nc(OC(=O)N(c2ccccc2)c2ccccc2)c2ncn([C@@H]3O[C@H](CN=[N+]=[N-])[C@@H](CCO)[C@H]3OC(C)=O)c2n1. The Morgan fingerprint density at radius 3 is 2.33 bits per heavy atom. The number of azide groups is 1. The molecule has 2 N–H and O–H groups in total. The number of nitrogens with one attached hydrogen (secondary N) is 1. The van der Waals surface area contributed by atoms with Gasteiger partial charge in [0.1, 0.15) is 0 Å². The van der Waals surface area contributed by atoms with Crippen LogP contribution in [-0.4, -0.2) is 68.0 Å². The fraction of sp³-hybridized carbons (Fsp3) is 0.310. The van der Waals surface area contributed by atoms with Gasteiger partial charge in [-0.1, -0.05) is 41.5 Å². The first-order valence-electron chi connectivity index (χ1n) is 13.9. The van der Waals surface area contributed by atoms with Crippen molar-refractivity contribution in [2.24, 2.45) is 11.0 Å². The van der Waals surface area contributed by atoms with Gasteiger partial charge in [0, 0.05) is 31.3 Å². The minimum Gasteiger partial charge on any atom is -0.457 e. The topological polar surface area (TPSA) is 207 Å². The monoisotopic (exact) mass is 615 g/mol. The van der Waals surface area contributed by atoms with E-state index in [0.29, 0.717) is 11.4 Å². The maximum absolute atomic E-state index is 13.8. The first-order valence-corrected chi connectivity index (χ1v) is 13.9. The molecular formula is C29H29N9O7. The van der Waals surface area contributed by atoms with Crippen molar-refractivity contribution >= 4 is 46.5 Å². The number of amides is 2. The highest BCUT2D eigenvalue weighted by Crippen LogP contribution is 2.40. The third-order valence-corrected chi connectivity index (χ3v) is 6.93. The van der Waals surface area contributed by atoms with E-state index in [0.717, 1.165) is 0 Å².